The number of para-hydroxylation sites is 1. The minimum atomic E-state index is -0.915. The fourth-order valence-corrected chi connectivity index (χ4v) is 2.81. The van der Waals surface area contributed by atoms with Crippen molar-refractivity contribution in [2.45, 2.75) is 0 Å². The van der Waals surface area contributed by atoms with Crippen LogP contribution in [0, 0.1) is 0 Å². The third-order valence-corrected chi connectivity index (χ3v) is 4.25. The average molecular weight is 340 g/mol. The van der Waals surface area contributed by atoms with E-state index in [0.29, 0.717) is 0 Å². The molecule has 0 fully saturated rings. The first kappa shape index (κ1) is 15.9. The lowest BCUT2D eigenvalue weighted by Crippen LogP contribution is -1.94. The van der Waals surface area contributed by atoms with Gasteiger partial charge in [-0.1, -0.05) is 66.7 Å². The Morgan fingerprint density at radius 2 is 1.42 bits per heavy atom. The number of carbonyl (C=O) groups is 1. The molecule has 0 saturated carbocycles. The fraction of sp³-hybridized carbons (Fsp3) is 0. The highest BCUT2D eigenvalue weighted by molar-refractivity contribution is 5.88. The summed E-state index contributed by atoms with van der Waals surface area (Å²) < 4.78 is 5.89. The monoisotopic (exact) mass is 340 g/mol. The lowest BCUT2D eigenvalue weighted by Gasteiger charge is -1.99. The zero-order valence-electron chi connectivity index (χ0n) is 13.9. The summed E-state index contributed by atoms with van der Waals surface area (Å²) in [6, 6.07) is 24.9. The van der Waals surface area contributed by atoms with E-state index in [0.717, 1.165) is 33.4 Å². The van der Waals surface area contributed by atoms with Crippen molar-refractivity contribution in [1.29, 1.82) is 0 Å². The van der Waals surface area contributed by atoms with E-state index in [4.69, 9.17) is 9.52 Å². The molecule has 3 aromatic carbocycles. The summed E-state index contributed by atoms with van der Waals surface area (Å²) in [4.78, 5) is 10.9. The normalized spacial score (nSPS) is 11.2. The lowest BCUT2D eigenvalue weighted by molar-refractivity contribution is 0.0697. The SMILES string of the molecule is O=C(O)c1ccc(C=Cc2ccc(-c3cc4ccccc4o3)cc2)cc1. The Kier molecular flexibility index (Phi) is 4.12. The first-order valence-electron chi connectivity index (χ1n) is 8.29. The Morgan fingerprint density at radius 3 is 2.04 bits per heavy atom. The maximum Gasteiger partial charge on any atom is 0.335 e. The first-order chi connectivity index (χ1) is 12.7. The Balaban J connectivity index is 1.52. The Hall–Kier alpha value is -3.59. The molecule has 3 heteroatoms. The van der Waals surface area contributed by atoms with Crippen LogP contribution in [0.1, 0.15) is 21.5 Å². The van der Waals surface area contributed by atoms with Crippen molar-refractivity contribution in [2.24, 2.45) is 0 Å². The van der Waals surface area contributed by atoms with Gasteiger partial charge in [0.2, 0.25) is 0 Å². The zero-order chi connectivity index (χ0) is 17.9. The quantitative estimate of drug-likeness (QED) is 0.466. The second-order valence-corrected chi connectivity index (χ2v) is 6.03. The van der Waals surface area contributed by atoms with E-state index in [1.54, 1.807) is 24.3 Å². The number of aromatic carboxylic acids is 1. The number of furan rings is 1. The van der Waals surface area contributed by atoms with Crippen molar-refractivity contribution in [3.8, 4) is 11.3 Å². The van der Waals surface area contributed by atoms with E-state index in [2.05, 4.69) is 0 Å². The number of hydrogen-bond donors (Lipinski definition) is 1. The van der Waals surface area contributed by atoms with Gasteiger partial charge in [0.25, 0.3) is 0 Å². The molecule has 0 saturated heterocycles. The van der Waals surface area contributed by atoms with Gasteiger partial charge in [0.1, 0.15) is 11.3 Å². The second kappa shape index (κ2) is 6.73. The number of carboxylic acid groups (broad SMARTS) is 1. The van der Waals surface area contributed by atoms with Gasteiger partial charge in [0.15, 0.2) is 0 Å². The van der Waals surface area contributed by atoms with E-state index in [9.17, 15) is 4.79 Å². The highest BCUT2D eigenvalue weighted by Gasteiger charge is 2.05. The van der Waals surface area contributed by atoms with Gasteiger partial charge >= 0.3 is 5.97 Å². The molecule has 1 N–H and O–H groups in total. The summed E-state index contributed by atoms with van der Waals surface area (Å²) in [6.45, 7) is 0. The van der Waals surface area contributed by atoms with Crippen molar-refractivity contribution in [3.63, 3.8) is 0 Å². The van der Waals surface area contributed by atoms with Crippen molar-refractivity contribution < 1.29 is 14.3 Å². The number of hydrogen-bond acceptors (Lipinski definition) is 2. The number of carboxylic acids is 1. The van der Waals surface area contributed by atoms with Crippen molar-refractivity contribution >= 4 is 29.1 Å². The molecule has 1 aromatic heterocycles. The number of benzene rings is 3. The van der Waals surface area contributed by atoms with Crippen LogP contribution in [0.5, 0.6) is 0 Å². The number of rotatable bonds is 4. The van der Waals surface area contributed by atoms with E-state index in [1.807, 2.05) is 66.7 Å². The summed E-state index contributed by atoms with van der Waals surface area (Å²) in [5, 5.41) is 10.0. The van der Waals surface area contributed by atoms with E-state index >= 15 is 0 Å². The van der Waals surface area contributed by atoms with Crippen LogP contribution in [0.15, 0.2) is 83.3 Å². The van der Waals surface area contributed by atoms with Gasteiger partial charge in [-0.05, 0) is 35.4 Å². The molecule has 0 amide bonds. The summed E-state index contributed by atoms with van der Waals surface area (Å²) in [7, 11) is 0. The molecule has 126 valence electrons. The average Bonchev–Trinajstić information content (AvgIpc) is 3.11. The van der Waals surface area contributed by atoms with Crippen LogP contribution in [0.4, 0.5) is 0 Å². The molecule has 0 aliphatic carbocycles. The predicted octanol–water partition coefficient (Wildman–Crippen LogP) is 5.97. The molecule has 4 aromatic rings. The van der Waals surface area contributed by atoms with Crippen LogP contribution in [0.3, 0.4) is 0 Å². The molecule has 0 spiro atoms. The molecule has 1 heterocycles. The van der Waals surface area contributed by atoms with Crippen molar-refractivity contribution in [1.82, 2.24) is 0 Å². The second-order valence-electron chi connectivity index (χ2n) is 6.03. The maximum absolute atomic E-state index is 10.9. The van der Waals surface area contributed by atoms with Crippen molar-refractivity contribution in [3.05, 3.63) is 95.6 Å². The molecule has 4 rings (SSSR count). The molecule has 0 atom stereocenters. The fourth-order valence-electron chi connectivity index (χ4n) is 2.81. The highest BCUT2D eigenvalue weighted by atomic mass is 16.4. The zero-order valence-corrected chi connectivity index (χ0v) is 13.9. The van der Waals surface area contributed by atoms with Gasteiger partial charge < -0.3 is 9.52 Å². The third kappa shape index (κ3) is 3.28. The van der Waals surface area contributed by atoms with Gasteiger partial charge in [-0.3, -0.25) is 0 Å². The minimum Gasteiger partial charge on any atom is -0.478 e. The van der Waals surface area contributed by atoms with Gasteiger partial charge in [-0.15, -0.1) is 0 Å². The van der Waals surface area contributed by atoms with E-state index in [-0.39, 0.29) is 5.56 Å². The molecule has 0 bridgehead atoms. The number of fused-ring (bicyclic) bond motifs is 1. The lowest BCUT2D eigenvalue weighted by atomic mass is 10.1. The molecule has 3 nitrogen and oxygen atoms in total. The van der Waals surface area contributed by atoms with Crippen LogP contribution in [0.25, 0.3) is 34.4 Å². The largest absolute Gasteiger partial charge is 0.478 e. The first-order valence-corrected chi connectivity index (χ1v) is 8.29. The molecular weight excluding hydrogens is 324 g/mol. The predicted molar refractivity (Wildman–Crippen MR) is 104 cm³/mol. The van der Waals surface area contributed by atoms with Gasteiger partial charge in [-0.2, -0.15) is 0 Å². The standard InChI is InChI=1S/C23H16O3/c24-23(25)19-13-9-17(10-14-19)6-5-16-7-11-18(12-8-16)22-15-20-3-1-2-4-21(20)26-22/h1-15H,(H,24,25). The summed E-state index contributed by atoms with van der Waals surface area (Å²) in [5.41, 5.74) is 4.22. The molecule has 0 radical (unpaired) electrons. The summed E-state index contributed by atoms with van der Waals surface area (Å²) in [6.07, 6.45) is 3.96. The van der Waals surface area contributed by atoms with Gasteiger partial charge in [-0.25, -0.2) is 4.79 Å². The molecule has 26 heavy (non-hydrogen) atoms. The highest BCUT2D eigenvalue weighted by Crippen LogP contribution is 2.28. The van der Waals surface area contributed by atoms with Crippen LogP contribution < -0.4 is 0 Å². The van der Waals surface area contributed by atoms with E-state index in [1.165, 1.54) is 0 Å². The van der Waals surface area contributed by atoms with Crippen LogP contribution in [-0.4, -0.2) is 11.1 Å². The van der Waals surface area contributed by atoms with Gasteiger partial charge in [0, 0.05) is 10.9 Å². The molecule has 0 aliphatic heterocycles. The Bertz CT molecular complexity index is 1050. The molecular formula is C23H16O3. The van der Waals surface area contributed by atoms with Gasteiger partial charge in [0.05, 0.1) is 5.56 Å². The third-order valence-electron chi connectivity index (χ3n) is 4.25. The molecule has 0 unspecified atom stereocenters. The Labute approximate surface area is 150 Å². The van der Waals surface area contributed by atoms with Crippen LogP contribution >= 0.6 is 0 Å². The van der Waals surface area contributed by atoms with Crippen LogP contribution in [-0.2, 0) is 0 Å². The summed E-state index contributed by atoms with van der Waals surface area (Å²) >= 11 is 0. The summed E-state index contributed by atoms with van der Waals surface area (Å²) in [5.74, 6) is -0.0623. The molecule has 0 aliphatic rings. The maximum atomic E-state index is 10.9. The Morgan fingerprint density at radius 1 is 0.808 bits per heavy atom. The topological polar surface area (TPSA) is 50.4 Å². The van der Waals surface area contributed by atoms with E-state index < -0.39 is 5.97 Å². The smallest absolute Gasteiger partial charge is 0.335 e. The van der Waals surface area contributed by atoms with Crippen LogP contribution in [0.2, 0.25) is 0 Å². The van der Waals surface area contributed by atoms with Crippen molar-refractivity contribution in [2.75, 3.05) is 0 Å². The minimum absolute atomic E-state index is 0.289.